The molecule has 0 bridgehead atoms. The fourth-order valence-corrected chi connectivity index (χ4v) is 4.38. The Morgan fingerprint density at radius 1 is 0.833 bits per heavy atom. The van der Waals surface area contributed by atoms with Gasteiger partial charge in [0.05, 0.1) is 10.5 Å². The van der Waals surface area contributed by atoms with Gasteiger partial charge in [0.1, 0.15) is 5.82 Å². The minimum absolute atomic E-state index is 0.221. The topological polar surface area (TPSA) is 37.4 Å². The highest BCUT2D eigenvalue weighted by Gasteiger charge is 2.39. The molecule has 0 aromatic heterocycles. The van der Waals surface area contributed by atoms with Gasteiger partial charge in [0, 0.05) is 16.5 Å². The molecule has 0 radical (unpaired) electrons. The van der Waals surface area contributed by atoms with Crippen LogP contribution in [0.1, 0.15) is 11.1 Å². The molecule has 150 valence electrons. The van der Waals surface area contributed by atoms with Crippen LogP contribution in [0.4, 0.5) is 4.39 Å². The molecule has 0 saturated heterocycles. The molecular formula is C24H17ClFNO2S. The minimum atomic E-state index is -0.331. The molecule has 3 aromatic carbocycles. The first-order valence-electron chi connectivity index (χ1n) is 9.36. The van der Waals surface area contributed by atoms with E-state index in [0.717, 1.165) is 10.5 Å². The molecule has 2 amide bonds. The lowest BCUT2D eigenvalue weighted by molar-refractivity contribution is -0.136. The van der Waals surface area contributed by atoms with Gasteiger partial charge in [-0.25, -0.2) is 4.39 Å². The number of hydrogen-bond donors (Lipinski definition) is 0. The molecule has 0 spiro atoms. The van der Waals surface area contributed by atoms with Crippen LogP contribution >= 0.6 is 23.4 Å². The van der Waals surface area contributed by atoms with Crippen molar-refractivity contribution in [3.05, 3.63) is 106 Å². The monoisotopic (exact) mass is 437 g/mol. The summed E-state index contributed by atoms with van der Waals surface area (Å²) in [5.74, 6) is -0.968. The lowest BCUT2D eigenvalue weighted by Crippen LogP contribution is -2.33. The molecule has 0 unspecified atom stereocenters. The van der Waals surface area contributed by atoms with Crippen molar-refractivity contribution in [3.8, 4) is 0 Å². The van der Waals surface area contributed by atoms with Gasteiger partial charge in [-0.05, 0) is 53.9 Å². The van der Waals surface area contributed by atoms with Crippen LogP contribution in [0.15, 0.2) is 88.7 Å². The molecule has 1 heterocycles. The first-order valence-corrected chi connectivity index (χ1v) is 10.6. The molecule has 1 aliphatic heterocycles. The number of imide groups is 1. The number of rotatable bonds is 6. The molecule has 0 aliphatic carbocycles. The number of benzene rings is 3. The molecule has 0 atom stereocenters. The Labute approximate surface area is 183 Å². The Hall–Kier alpha value is -2.89. The fourth-order valence-electron chi connectivity index (χ4n) is 3.22. The van der Waals surface area contributed by atoms with Gasteiger partial charge in [0.25, 0.3) is 11.8 Å². The first kappa shape index (κ1) is 20.4. The molecule has 4 rings (SSSR count). The molecule has 0 saturated carbocycles. The predicted molar refractivity (Wildman–Crippen MR) is 117 cm³/mol. The predicted octanol–water partition coefficient (Wildman–Crippen LogP) is 5.59. The Kier molecular flexibility index (Phi) is 6.02. The summed E-state index contributed by atoms with van der Waals surface area (Å²) in [4.78, 5) is 28.9. The van der Waals surface area contributed by atoms with Crippen LogP contribution in [-0.2, 0) is 16.0 Å². The second-order valence-corrected chi connectivity index (χ2v) is 8.28. The van der Waals surface area contributed by atoms with E-state index < -0.39 is 0 Å². The number of hydrogen-bond acceptors (Lipinski definition) is 3. The van der Waals surface area contributed by atoms with E-state index in [1.54, 1.807) is 36.4 Å². The summed E-state index contributed by atoms with van der Waals surface area (Å²) in [6.45, 7) is 0.221. The summed E-state index contributed by atoms with van der Waals surface area (Å²) >= 11 is 7.28. The summed E-state index contributed by atoms with van der Waals surface area (Å²) in [5.41, 5.74) is 1.89. The highest BCUT2D eigenvalue weighted by atomic mass is 35.5. The van der Waals surface area contributed by atoms with Gasteiger partial charge < -0.3 is 0 Å². The van der Waals surface area contributed by atoms with Crippen LogP contribution in [0.3, 0.4) is 0 Å². The molecule has 3 nitrogen and oxygen atoms in total. The third-order valence-electron chi connectivity index (χ3n) is 4.76. The minimum Gasteiger partial charge on any atom is -0.274 e. The lowest BCUT2D eigenvalue weighted by Gasteiger charge is -2.15. The Morgan fingerprint density at radius 2 is 1.50 bits per heavy atom. The van der Waals surface area contributed by atoms with E-state index in [0.29, 0.717) is 27.5 Å². The van der Waals surface area contributed by atoms with Crippen molar-refractivity contribution in [1.82, 2.24) is 4.90 Å². The van der Waals surface area contributed by atoms with Crippen LogP contribution in [0.25, 0.3) is 5.57 Å². The summed E-state index contributed by atoms with van der Waals surface area (Å²) in [5, 5.41) is 0.557. The largest absolute Gasteiger partial charge is 0.274 e. The maximum atomic E-state index is 13.2. The third-order valence-corrected chi connectivity index (χ3v) is 6.10. The zero-order chi connectivity index (χ0) is 21.1. The molecule has 3 aromatic rings. The number of halogens is 2. The third kappa shape index (κ3) is 4.32. The Bertz CT molecular complexity index is 1110. The van der Waals surface area contributed by atoms with E-state index in [1.165, 1.54) is 28.8 Å². The van der Waals surface area contributed by atoms with Crippen molar-refractivity contribution in [2.24, 2.45) is 0 Å². The summed E-state index contributed by atoms with van der Waals surface area (Å²) in [6.07, 6.45) is 0.453. The highest BCUT2D eigenvalue weighted by Crippen LogP contribution is 2.39. The molecule has 0 N–H and O–H groups in total. The quantitative estimate of drug-likeness (QED) is 0.471. The van der Waals surface area contributed by atoms with Gasteiger partial charge in [0.15, 0.2) is 0 Å². The van der Waals surface area contributed by atoms with Crippen LogP contribution in [0, 0.1) is 5.82 Å². The number of carbonyl (C=O) groups excluding carboxylic acids is 2. The Morgan fingerprint density at radius 3 is 2.17 bits per heavy atom. The summed E-state index contributed by atoms with van der Waals surface area (Å²) in [7, 11) is 0. The van der Waals surface area contributed by atoms with E-state index in [2.05, 4.69) is 0 Å². The summed E-state index contributed by atoms with van der Waals surface area (Å²) < 4.78 is 13.1. The van der Waals surface area contributed by atoms with Gasteiger partial charge in [-0.1, -0.05) is 65.8 Å². The Balaban J connectivity index is 1.64. The maximum Gasteiger partial charge on any atom is 0.268 e. The molecule has 30 heavy (non-hydrogen) atoms. The van der Waals surface area contributed by atoms with Crippen molar-refractivity contribution in [3.63, 3.8) is 0 Å². The number of carbonyl (C=O) groups is 2. The number of nitrogens with zero attached hydrogens (tertiary/aromatic N) is 1. The SMILES string of the molecule is O=C1C(Sc2ccccc2)=C(c2ccc(Cl)cc2)C(=O)N1CCc1ccc(F)cc1. The van der Waals surface area contributed by atoms with Crippen molar-refractivity contribution in [1.29, 1.82) is 0 Å². The normalized spacial score (nSPS) is 14.0. The van der Waals surface area contributed by atoms with Gasteiger partial charge in [-0.3, -0.25) is 14.5 Å². The molecule has 6 heteroatoms. The fraction of sp³-hybridized carbons (Fsp3) is 0.0833. The maximum absolute atomic E-state index is 13.2. The van der Waals surface area contributed by atoms with Crippen molar-refractivity contribution < 1.29 is 14.0 Å². The van der Waals surface area contributed by atoms with E-state index in [9.17, 15) is 14.0 Å². The smallest absolute Gasteiger partial charge is 0.268 e. The van der Waals surface area contributed by atoms with E-state index >= 15 is 0 Å². The van der Waals surface area contributed by atoms with Crippen molar-refractivity contribution in [2.45, 2.75) is 11.3 Å². The van der Waals surface area contributed by atoms with Crippen LogP contribution in [0.2, 0.25) is 5.02 Å². The molecule has 0 fully saturated rings. The summed E-state index contributed by atoms with van der Waals surface area (Å²) in [6, 6.07) is 22.4. The number of amides is 2. The van der Waals surface area contributed by atoms with Gasteiger partial charge in [-0.2, -0.15) is 0 Å². The van der Waals surface area contributed by atoms with Crippen LogP contribution in [0.5, 0.6) is 0 Å². The van der Waals surface area contributed by atoms with Crippen LogP contribution < -0.4 is 0 Å². The van der Waals surface area contributed by atoms with E-state index in [1.807, 2.05) is 30.3 Å². The zero-order valence-corrected chi connectivity index (χ0v) is 17.4. The van der Waals surface area contributed by atoms with E-state index in [-0.39, 0.29) is 24.2 Å². The van der Waals surface area contributed by atoms with Crippen molar-refractivity contribution in [2.75, 3.05) is 6.54 Å². The van der Waals surface area contributed by atoms with E-state index in [4.69, 9.17) is 11.6 Å². The average molecular weight is 438 g/mol. The zero-order valence-electron chi connectivity index (χ0n) is 15.8. The molecule has 1 aliphatic rings. The first-order chi connectivity index (χ1) is 14.5. The second kappa shape index (κ2) is 8.86. The van der Waals surface area contributed by atoms with Gasteiger partial charge in [0.2, 0.25) is 0 Å². The lowest BCUT2D eigenvalue weighted by atomic mass is 10.1. The molecular weight excluding hydrogens is 421 g/mol. The standard InChI is InChI=1S/C24H17ClFNO2S/c25-18-10-8-17(9-11-18)21-22(30-20-4-2-1-3-5-20)24(29)27(23(21)28)15-14-16-6-12-19(26)13-7-16/h1-13H,14-15H2. The number of thioether (sulfide) groups is 1. The van der Waals surface area contributed by atoms with Gasteiger partial charge >= 0.3 is 0 Å². The van der Waals surface area contributed by atoms with Crippen LogP contribution in [-0.4, -0.2) is 23.3 Å². The highest BCUT2D eigenvalue weighted by molar-refractivity contribution is 8.04. The van der Waals surface area contributed by atoms with Gasteiger partial charge in [-0.15, -0.1) is 0 Å². The average Bonchev–Trinajstić information content (AvgIpc) is 2.98. The van der Waals surface area contributed by atoms with Crippen molar-refractivity contribution >= 4 is 40.8 Å². The second-order valence-electron chi connectivity index (χ2n) is 6.76.